The summed E-state index contributed by atoms with van der Waals surface area (Å²) in [5.74, 6) is 1.85. The highest BCUT2D eigenvalue weighted by Crippen LogP contribution is 2.31. The molecule has 1 saturated heterocycles. The Morgan fingerprint density at radius 2 is 1.73 bits per heavy atom. The minimum Gasteiger partial charge on any atom is -0.354 e. The highest BCUT2D eigenvalue weighted by Gasteiger charge is 2.15. The number of nitrogens with zero attached hydrogens (tertiary/aromatic N) is 4. The summed E-state index contributed by atoms with van der Waals surface area (Å²) < 4.78 is 0. The Labute approximate surface area is 200 Å². The largest absolute Gasteiger partial charge is 0.354 e. The normalized spacial score (nSPS) is 15.7. The monoisotopic (exact) mass is 457 g/mol. The molecule has 5 nitrogen and oxygen atoms in total. The molecule has 0 spiro atoms. The number of fused-ring (bicyclic) bond motifs is 1. The lowest BCUT2D eigenvalue weighted by Crippen LogP contribution is -2.44. The van der Waals surface area contributed by atoms with Crippen molar-refractivity contribution >= 4 is 44.8 Å². The van der Waals surface area contributed by atoms with E-state index in [9.17, 15) is 0 Å². The fourth-order valence-electron chi connectivity index (χ4n) is 3.97. The Balaban J connectivity index is 1.53. The highest BCUT2D eigenvalue weighted by molar-refractivity contribution is 8.10. The summed E-state index contributed by atoms with van der Waals surface area (Å²) in [6.45, 7) is 12.1. The molecule has 0 atom stereocenters. The molecule has 0 saturated carbocycles. The van der Waals surface area contributed by atoms with Gasteiger partial charge in [0.2, 0.25) is 0 Å². The lowest BCUT2D eigenvalue weighted by atomic mass is 10.1. The van der Waals surface area contributed by atoms with Crippen LogP contribution in [0.1, 0.15) is 25.0 Å². The van der Waals surface area contributed by atoms with Crippen LogP contribution in [-0.2, 0) is 0 Å². The van der Waals surface area contributed by atoms with Gasteiger partial charge in [0.15, 0.2) is 0 Å². The van der Waals surface area contributed by atoms with E-state index >= 15 is 0 Å². The van der Waals surface area contributed by atoms with Gasteiger partial charge in [-0.1, -0.05) is 42.6 Å². The topological polar surface area (TPSA) is 44.3 Å². The van der Waals surface area contributed by atoms with Gasteiger partial charge in [0, 0.05) is 60.1 Å². The predicted octanol–water partition coefficient (Wildman–Crippen LogP) is 6.09. The fourth-order valence-corrected chi connectivity index (χ4v) is 4.55. The van der Waals surface area contributed by atoms with E-state index in [0.29, 0.717) is 0 Å². The van der Waals surface area contributed by atoms with Gasteiger partial charge < -0.3 is 15.1 Å². The number of rotatable bonds is 7. The molecule has 4 rings (SSSR count). The first-order valence-electron chi connectivity index (χ1n) is 11.3. The third kappa shape index (κ3) is 5.46. The second kappa shape index (κ2) is 10.7. The molecule has 2 aromatic heterocycles. The van der Waals surface area contributed by atoms with E-state index in [1.165, 1.54) is 10.5 Å². The second-order valence-corrected chi connectivity index (χ2v) is 9.10. The zero-order chi connectivity index (χ0) is 23.2. The molecule has 0 amide bonds. The zero-order valence-corrected chi connectivity index (χ0v) is 20.4. The lowest BCUT2D eigenvalue weighted by molar-refractivity contribution is 0.312. The average molecular weight is 458 g/mol. The number of nitrogens with one attached hydrogen (secondary N) is 1. The van der Waals surface area contributed by atoms with Crippen molar-refractivity contribution in [2.45, 2.75) is 13.8 Å². The standard InChI is InChI=1S/C27H31N5S/c1-5-24(22-10-11-27(29-19-22)32-14-12-31(4)13-15-32)30-26-17-23-16-20(25(6-2)33-7-3)8-9-21(23)18-28-26/h5-11,16-19H,3,12-15H2,1-2,4H3,(H,28,30)/b24-5+,25-6-. The number of hydrogen-bond acceptors (Lipinski definition) is 6. The van der Waals surface area contributed by atoms with Crippen LogP contribution < -0.4 is 10.2 Å². The quantitative estimate of drug-likeness (QED) is 0.463. The molecule has 1 aromatic carbocycles. The Morgan fingerprint density at radius 3 is 2.39 bits per heavy atom. The van der Waals surface area contributed by atoms with Crippen molar-refractivity contribution in [3.05, 3.63) is 84.1 Å². The number of pyridine rings is 2. The Morgan fingerprint density at radius 1 is 0.939 bits per heavy atom. The maximum Gasteiger partial charge on any atom is 0.130 e. The smallest absolute Gasteiger partial charge is 0.130 e. The van der Waals surface area contributed by atoms with Gasteiger partial charge in [-0.25, -0.2) is 9.97 Å². The van der Waals surface area contributed by atoms with Gasteiger partial charge >= 0.3 is 0 Å². The summed E-state index contributed by atoms with van der Waals surface area (Å²) in [5.41, 5.74) is 3.22. The van der Waals surface area contributed by atoms with Crippen molar-refractivity contribution in [3.63, 3.8) is 0 Å². The molecule has 170 valence electrons. The lowest BCUT2D eigenvalue weighted by Gasteiger charge is -2.33. The van der Waals surface area contributed by atoms with Crippen molar-refractivity contribution in [3.8, 4) is 0 Å². The Kier molecular flexibility index (Phi) is 7.47. The number of piperazine rings is 1. The van der Waals surface area contributed by atoms with Gasteiger partial charge in [-0.05, 0) is 61.5 Å². The number of thioether (sulfide) groups is 1. The summed E-state index contributed by atoms with van der Waals surface area (Å²) in [6.07, 6.45) is 8.04. The average Bonchev–Trinajstić information content (AvgIpc) is 2.86. The molecule has 1 aliphatic heterocycles. The summed E-state index contributed by atoms with van der Waals surface area (Å²) in [7, 11) is 2.17. The van der Waals surface area contributed by atoms with Gasteiger partial charge in [0.25, 0.3) is 0 Å². The van der Waals surface area contributed by atoms with E-state index < -0.39 is 0 Å². The molecule has 1 N–H and O–H groups in total. The van der Waals surface area contributed by atoms with Crippen molar-refractivity contribution in [1.82, 2.24) is 14.9 Å². The van der Waals surface area contributed by atoms with Crippen molar-refractivity contribution in [2.75, 3.05) is 43.4 Å². The SMILES string of the molecule is C=CS/C(=C\C)c1ccc2cnc(N/C(=C/C)c3ccc(N4CCN(C)CC4)nc3)cc2c1. The third-order valence-electron chi connectivity index (χ3n) is 5.92. The maximum atomic E-state index is 4.74. The second-order valence-electron chi connectivity index (χ2n) is 8.09. The summed E-state index contributed by atoms with van der Waals surface area (Å²) in [6, 6.07) is 12.8. The highest BCUT2D eigenvalue weighted by atomic mass is 32.2. The molecule has 1 aliphatic rings. The summed E-state index contributed by atoms with van der Waals surface area (Å²) in [4.78, 5) is 15.3. The zero-order valence-electron chi connectivity index (χ0n) is 19.6. The van der Waals surface area contributed by atoms with Crippen LogP contribution in [0.15, 0.2) is 72.9 Å². The molecule has 0 bridgehead atoms. The van der Waals surface area contributed by atoms with Crippen molar-refractivity contribution < 1.29 is 0 Å². The van der Waals surface area contributed by atoms with Gasteiger partial charge in [-0.3, -0.25) is 0 Å². The van der Waals surface area contributed by atoms with Crippen molar-refractivity contribution in [1.29, 1.82) is 0 Å². The summed E-state index contributed by atoms with van der Waals surface area (Å²) in [5, 5.41) is 7.61. The Bertz CT molecular complexity index is 1170. The molecular weight excluding hydrogens is 426 g/mol. The minimum atomic E-state index is 0.814. The van der Waals surface area contributed by atoms with E-state index in [4.69, 9.17) is 4.98 Å². The van der Waals surface area contributed by atoms with Crippen LogP contribution in [-0.4, -0.2) is 48.1 Å². The molecule has 1 fully saturated rings. The first kappa shape index (κ1) is 23.1. The maximum absolute atomic E-state index is 4.74. The van der Waals surface area contributed by atoms with E-state index in [2.05, 4.69) is 89.2 Å². The Hall–Kier alpha value is -3.09. The number of benzene rings is 1. The van der Waals surface area contributed by atoms with Gasteiger partial charge in [-0.2, -0.15) is 0 Å². The van der Waals surface area contributed by atoms with Crippen LogP contribution in [0.5, 0.6) is 0 Å². The molecule has 3 aromatic rings. The van der Waals surface area contributed by atoms with E-state index in [1.807, 2.05) is 24.7 Å². The van der Waals surface area contributed by atoms with E-state index in [1.54, 1.807) is 11.8 Å². The fraction of sp³-hybridized carbons (Fsp3) is 0.259. The number of likely N-dealkylation sites (N-methyl/N-ethyl adjacent to an activating group) is 1. The molecule has 0 radical (unpaired) electrons. The number of hydrogen-bond donors (Lipinski definition) is 1. The van der Waals surface area contributed by atoms with Crippen LogP contribution >= 0.6 is 11.8 Å². The number of aromatic nitrogens is 2. The molecule has 3 heterocycles. The third-order valence-corrected chi connectivity index (χ3v) is 6.81. The van der Waals surface area contributed by atoms with Crippen LogP contribution in [0.25, 0.3) is 21.4 Å². The van der Waals surface area contributed by atoms with Gasteiger partial charge in [0.1, 0.15) is 11.6 Å². The molecule has 6 heteroatoms. The van der Waals surface area contributed by atoms with Crippen LogP contribution in [0.3, 0.4) is 0 Å². The predicted molar refractivity (Wildman–Crippen MR) is 144 cm³/mol. The molecule has 0 aliphatic carbocycles. The van der Waals surface area contributed by atoms with Gasteiger partial charge in [0.05, 0.1) is 0 Å². The van der Waals surface area contributed by atoms with Crippen LogP contribution in [0, 0.1) is 0 Å². The van der Waals surface area contributed by atoms with Crippen LogP contribution in [0.2, 0.25) is 0 Å². The molecule has 0 unspecified atom stereocenters. The molecular formula is C27H31N5S. The first-order valence-corrected chi connectivity index (χ1v) is 12.2. The molecule has 33 heavy (non-hydrogen) atoms. The summed E-state index contributed by atoms with van der Waals surface area (Å²) >= 11 is 1.64. The number of anilines is 2. The van der Waals surface area contributed by atoms with E-state index in [0.717, 1.165) is 59.8 Å². The van der Waals surface area contributed by atoms with Crippen LogP contribution in [0.4, 0.5) is 11.6 Å². The van der Waals surface area contributed by atoms with E-state index in [-0.39, 0.29) is 0 Å². The number of allylic oxidation sites excluding steroid dienone is 2. The van der Waals surface area contributed by atoms with Gasteiger partial charge in [-0.15, -0.1) is 0 Å². The minimum absolute atomic E-state index is 0.814. The van der Waals surface area contributed by atoms with Crippen molar-refractivity contribution in [2.24, 2.45) is 0 Å². The first-order chi connectivity index (χ1) is 16.1.